The smallest absolute Gasteiger partial charge is 0.224 e. The number of carbonyl (C=O) groups is 2. The minimum atomic E-state index is -0.354. The van der Waals surface area contributed by atoms with Gasteiger partial charge in [0.15, 0.2) is 0 Å². The first kappa shape index (κ1) is 16.0. The highest BCUT2D eigenvalue weighted by Crippen LogP contribution is 2.39. The first-order valence-electron chi connectivity index (χ1n) is 7.34. The van der Waals surface area contributed by atoms with Gasteiger partial charge in [-0.05, 0) is 31.1 Å². The standard InChI is InChI=1S/C15H28N2O2/c1-5-17-14(19)12(15(2,3)4)11(13(16)18)9-8-10-6-7-10/h10-12H,5-9H2,1-4H3,(H2,16,18)(H,17,19)/t11-,12?/m0/s1. The summed E-state index contributed by atoms with van der Waals surface area (Å²) < 4.78 is 0. The SMILES string of the molecule is CCNC(=O)C([C@H](CCC1CC1)C(N)=O)C(C)(C)C. The van der Waals surface area contributed by atoms with Crippen molar-refractivity contribution in [1.82, 2.24) is 5.32 Å². The fraction of sp³-hybridized carbons (Fsp3) is 0.867. The predicted octanol–water partition coefficient (Wildman–Crippen LogP) is 2.08. The Morgan fingerprint density at radius 3 is 2.26 bits per heavy atom. The second-order valence-corrected chi connectivity index (χ2v) is 6.77. The number of rotatable bonds is 7. The molecule has 0 aromatic carbocycles. The number of amides is 2. The summed E-state index contributed by atoms with van der Waals surface area (Å²) in [6, 6.07) is 0. The molecule has 0 spiro atoms. The maximum atomic E-state index is 12.3. The van der Waals surface area contributed by atoms with Crippen LogP contribution in [0.2, 0.25) is 0 Å². The Balaban J connectivity index is 2.82. The van der Waals surface area contributed by atoms with Crippen LogP contribution in [0, 0.1) is 23.2 Å². The van der Waals surface area contributed by atoms with Crippen molar-refractivity contribution in [1.29, 1.82) is 0 Å². The molecule has 0 saturated heterocycles. The van der Waals surface area contributed by atoms with Crippen molar-refractivity contribution in [2.75, 3.05) is 6.54 Å². The van der Waals surface area contributed by atoms with Crippen LogP contribution in [-0.4, -0.2) is 18.4 Å². The van der Waals surface area contributed by atoms with Gasteiger partial charge in [-0.25, -0.2) is 0 Å². The van der Waals surface area contributed by atoms with Crippen molar-refractivity contribution in [2.24, 2.45) is 28.9 Å². The van der Waals surface area contributed by atoms with Crippen LogP contribution in [0.5, 0.6) is 0 Å². The van der Waals surface area contributed by atoms with E-state index in [1.807, 2.05) is 27.7 Å². The van der Waals surface area contributed by atoms with Gasteiger partial charge in [0.25, 0.3) is 0 Å². The third kappa shape index (κ3) is 4.84. The van der Waals surface area contributed by atoms with Crippen LogP contribution in [0.25, 0.3) is 0 Å². The predicted molar refractivity (Wildman–Crippen MR) is 76.3 cm³/mol. The summed E-state index contributed by atoms with van der Waals surface area (Å²) in [5.74, 6) is -0.339. The van der Waals surface area contributed by atoms with E-state index < -0.39 is 0 Å². The van der Waals surface area contributed by atoms with Gasteiger partial charge in [0.05, 0.1) is 5.92 Å². The Kier molecular flexibility index (Phi) is 5.39. The van der Waals surface area contributed by atoms with Gasteiger partial charge in [-0.3, -0.25) is 9.59 Å². The van der Waals surface area contributed by atoms with Gasteiger partial charge < -0.3 is 11.1 Å². The molecule has 0 aliphatic heterocycles. The van der Waals surface area contributed by atoms with Crippen LogP contribution >= 0.6 is 0 Å². The summed E-state index contributed by atoms with van der Waals surface area (Å²) in [6.45, 7) is 8.47. The molecule has 19 heavy (non-hydrogen) atoms. The van der Waals surface area contributed by atoms with Crippen LogP contribution in [0.4, 0.5) is 0 Å². The summed E-state index contributed by atoms with van der Waals surface area (Å²) in [7, 11) is 0. The minimum absolute atomic E-state index is 0.0467. The molecule has 0 heterocycles. The fourth-order valence-electron chi connectivity index (χ4n) is 2.76. The number of hydrogen-bond donors (Lipinski definition) is 2. The number of carbonyl (C=O) groups excluding carboxylic acids is 2. The highest BCUT2D eigenvalue weighted by atomic mass is 16.2. The molecule has 4 nitrogen and oxygen atoms in total. The lowest BCUT2D eigenvalue weighted by atomic mass is 9.70. The molecule has 1 aliphatic rings. The van der Waals surface area contributed by atoms with Crippen LogP contribution in [0.3, 0.4) is 0 Å². The number of hydrogen-bond acceptors (Lipinski definition) is 2. The average Bonchev–Trinajstić information content (AvgIpc) is 3.05. The van der Waals surface area contributed by atoms with Gasteiger partial charge in [0, 0.05) is 12.5 Å². The van der Waals surface area contributed by atoms with Crippen molar-refractivity contribution >= 4 is 11.8 Å². The Morgan fingerprint density at radius 1 is 1.32 bits per heavy atom. The van der Waals surface area contributed by atoms with E-state index in [0.717, 1.165) is 18.8 Å². The summed E-state index contributed by atoms with van der Waals surface area (Å²) in [6.07, 6.45) is 4.26. The van der Waals surface area contributed by atoms with Crippen molar-refractivity contribution in [3.05, 3.63) is 0 Å². The summed E-state index contributed by atoms with van der Waals surface area (Å²) in [4.78, 5) is 24.0. The summed E-state index contributed by atoms with van der Waals surface area (Å²) >= 11 is 0. The zero-order valence-electron chi connectivity index (χ0n) is 12.7. The Morgan fingerprint density at radius 2 is 1.89 bits per heavy atom. The normalized spacial score (nSPS) is 18.7. The monoisotopic (exact) mass is 268 g/mol. The average molecular weight is 268 g/mol. The first-order chi connectivity index (χ1) is 8.77. The van der Waals surface area contributed by atoms with E-state index >= 15 is 0 Å². The van der Waals surface area contributed by atoms with Gasteiger partial charge in [-0.1, -0.05) is 33.6 Å². The zero-order chi connectivity index (χ0) is 14.6. The molecule has 1 aliphatic carbocycles. The molecular formula is C15H28N2O2. The lowest BCUT2D eigenvalue weighted by Crippen LogP contribution is -2.46. The molecule has 1 saturated carbocycles. The largest absolute Gasteiger partial charge is 0.369 e. The second kappa shape index (κ2) is 6.40. The molecule has 2 atom stereocenters. The molecule has 0 radical (unpaired) electrons. The first-order valence-corrected chi connectivity index (χ1v) is 7.34. The van der Waals surface area contributed by atoms with E-state index in [1.165, 1.54) is 12.8 Å². The molecule has 3 N–H and O–H groups in total. The molecule has 4 heteroatoms. The number of primary amides is 1. The minimum Gasteiger partial charge on any atom is -0.369 e. The molecule has 2 amide bonds. The molecule has 1 unspecified atom stereocenters. The van der Waals surface area contributed by atoms with Crippen LogP contribution in [-0.2, 0) is 9.59 Å². The van der Waals surface area contributed by atoms with Gasteiger partial charge in [-0.15, -0.1) is 0 Å². The summed E-state index contributed by atoms with van der Waals surface area (Å²) in [5.41, 5.74) is 5.29. The zero-order valence-corrected chi connectivity index (χ0v) is 12.7. The number of nitrogens with one attached hydrogen (secondary N) is 1. The van der Waals surface area contributed by atoms with Gasteiger partial charge >= 0.3 is 0 Å². The van der Waals surface area contributed by atoms with Gasteiger partial charge in [-0.2, -0.15) is 0 Å². The van der Waals surface area contributed by atoms with Crippen molar-refractivity contribution in [3.63, 3.8) is 0 Å². The highest BCUT2D eigenvalue weighted by molar-refractivity contribution is 5.87. The summed E-state index contributed by atoms with van der Waals surface area (Å²) in [5, 5.41) is 2.84. The van der Waals surface area contributed by atoms with Crippen LogP contribution in [0.1, 0.15) is 53.4 Å². The van der Waals surface area contributed by atoms with E-state index in [1.54, 1.807) is 0 Å². The van der Waals surface area contributed by atoms with Gasteiger partial charge in [0.1, 0.15) is 0 Å². The van der Waals surface area contributed by atoms with E-state index in [9.17, 15) is 9.59 Å². The topological polar surface area (TPSA) is 72.2 Å². The van der Waals surface area contributed by atoms with Crippen molar-refractivity contribution in [3.8, 4) is 0 Å². The third-order valence-electron chi connectivity index (χ3n) is 3.92. The molecule has 110 valence electrons. The second-order valence-electron chi connectivity index (χ2n) is 6.77. The number of nitrogens with two attached hydrogens (primary N) is 1. The Labute approximate surface area is 116 Å². The highest BCUT2D eigenvalue weighted by Gasteiger charge is 2.41. The lowest BCUT2D eigenvalue weighted by Gasteiger charge is -2.34. The van der Waals surface area contributed by atoms with Crippen LogP contribution in [0.15, 0.2) is 0 Å². The molecule has 1 rings (SSSR count). The molecule has 0 aromatic heterocycles. The van der Waals surface area contributed by atoms with Crippen molar-refractivity contribution < 1.29 is 9.59 Å². The van der Waals surface area contributed by atoms with Gasteiger partial charge in [0.2, 0.25) is 11.8 Å². The molecular weight excluding hydrogens is 240 g/mol. The molecule has 0 bridgehead atoms. The van der Waals surface area contributed by atoms with E-state index in [-0.39, 0.29) is 29.1 Å². The third-order valence-corrected chi connectivity index (χ3v) is 3.92. The van der Waals surface area contributed by atoms with E-state index in [0.29, 0.717) is 6.54 Å². The quantitative estimate of drug-likeness (QED) is 0.742. The van der Waals surface area contributed by atoms with Crippen LogP contribution < -0.4 is 11.1 Å². The Bertz CT molecular complexity index is 330. The Hall–Kier alpha value is -1.06. The lowest BCUT2D eigenvalue weighted by molar-refractivity contribution is -0.137. The maximum absolute atomic E-state index is 12.3. The van der Waals surface area contributed by atoms with E-state index in [4.69, 9.17) is 5.73 Å². The maximum Gasteiger partial charge on any atom is 0.224 e. The molecule has 1 fully saturated rings. The molecule has 0 aromatic rings. The fourth-order valence-corrected chi connectivity index (χ4v) is 2.76. The van der Waals surface area contributed by atoms with Crippen molar-refractivity contribution in [2.45, 2.75) is 53.4 Å². The van der Waals surface area contributed by atoms with E-state index in [2.05, 4.69) is 5.32 Å².